The van der Waals surface area contributed by atoms with Crippen LogP contribution < -0.4 is 5.32 Å². The van der Waals surface area contributed by atoms with Crippen molar-refractivity contribution in [3.8, 4) is 0 Å². The maximum atomic E-state index is 10.9. The van der Waals surface area contributed by atoms with Gasteiger partial charge in [-0.1, -0.05) is 6.92 Å². The van der Waals surface area contributed by atoms with Crippen LogP contribution in [0.4, 0.5) is 5.13 Å². The van der Waals surface area contributed by atoms with Gasteiger partial charge in [0.2, 0.25) is 5.91 Å². The first-order chi connectivity index (χ1) is 6.17. The number of carbonyl (C=O) groups excluding carboxylic acids is 1. The van der Waals surface area contributed by atoms with Gasteiger partial charge in [-0.3, -0.25) is 4.79 Å². The molecule has 1 heterocycles. The molecule has 0 atom stereocenters. The Labute approximate surface area is 86.1 Å². The second-order valence-electron chi connectivity index (χ2n) is 2.56. The highest BCUT2D eigenvalue weighted by atomic mass is 35.5. The number of carbonyl (C=O) groups is 1. The van der Waals surface area contributed by atoms with Gasteiger partial charge in [0.25, 0.3) is 0 Å². The van der Waals surface area contributed by atoms with Gasteiger partial charge in [-0.15, -0.1) is 22.9 Å². The van der Waals surface area contributed by atoms with Gasteiger partial charge in [0.15, 0.2) is 5.13 Å². The lowest BCUT2D eigenvalue weighted by atomic mass is 10.3. The van der Waals surface area contributed by atoms with Crippen LogP contribution in [0.3, 0.4) is 0 Å². The monoisotopic (exact) mass is 218 g/mol. The number of hydrogen-bond donors (Lipinski definition) is 1. The van der Waals surface area contributed by atoms with Crippen molar-refractivity contribution in [2.75, 3.05) is 11.2 Å². The molecule has 72 valence electrons. The van der Waals surface area contributed by atoms with Crippen molar-refractivity contribution >= 4 is 34.0 Å². The van der Waals surface area contributed by atoms with Gasteiger partial charge >= 0.3 is 0 Å². The Morgan fingerprint density at radius 3 is 2.85 bits per heavy atom. The minimum Gasteiger partial charge on any atom is -0.301 e. The molecule has 1 aromatic heterocycles. The molecule has 0 aliphatic rings. The molecule has 13 heavy (non-hydrogen) atoms. The molecule has 1 aromatic rings. The van der Waals surface area contributed by atoms with Crippen LogP contribution in [0.2, 0.25) is 0 Å². The lowest BCUT2D eigenvalue weighted by molar-refractivity contribution is -0.113. The molecule has 3 nitrogen and oxygen atoms in total. The standard InChI is InChI=1S/C8H11ClN2OS/c1-3-6-5(2)10-8(13-6)11-7(12)4-9/h3-4H2,1-2H3,(H,10,11,12). The van der Waals surface area contributed by atoms with Crippen LogP contribution in [-0.2, 0) is 11.2 Å². The summed E-state index contributed by atoms with van der Waals surface area (Å²) in [7, 11) is 0. The zero-order valence-corrected chi connectivity index (χ0v) is 9.13. The molecule has 0 aliphatic carbocycles. The number of nitrogens with one attached hydrogen (secondary N) is 1. The van der Waals surface area contributed by atoms with Crippen molar-refractivity contribution in [1.82, 2.24) is 4.98 Å². The minimum atomic E-state index is -0.210. The Kier molecular flexibility index (Phi) is 3.69. The average molecular weight is 219 g/mol. The molecule has 0 saturated heterocycles. The van der Waals surface area contributed by atoms with Gasteiger partial charge in [0, 0.05) is 4.88 Å². The van der Waals surface area contributed by atoms with Crippen LogP contribution in [-0.4, -0.2) is 16.8 Å². The van der Waals surface area contributed by atoms with Crippen LogP contribution in [0.1, 0.15) is 17.5 Å². The molecule has 5 heteroatoms. The van der Waals surface area contributed by atoms with Crippen molar-refractivity contribution in [3.63, 3.8) is 0 Å². The zero-order valence-electron chi connectivity index (χ0n) is 7.56. The summed E-state index contributed by atoms with van der Waals surface area (Å²) in [4.78, 5) is 16.3. The van der Waals surface area contributed by atoms with Crippen LogP contribution in [0, 0.1) is 6.92 Å². The second kappa shape index (κ2) is 4.58. The first-order valence-electron chi connectivity index (χ1n) is 3.99. The maximum Gasteiger partial charge on any atom is 0.241 e. The summed E-state index contributed by atoms with van der Waals surface area (Å²) in [5, 5.41) is 3.26. The topological polar surface area (TPSA) is 42.0 Å². The smallest absolute Gasteiger partial charge is 0.241 e. The van der Waals surface area contributed by atoms with E-state index < -0.39 is 0 Å². The summed E-state index contributed by atoms with van der Waals surface area (Å²) in [5.41, 5.74) is 0.984. The van der Waals surface area contributed by atoms with E-state index in [9.17, 15) is 4.79 Å². The Morgan fingerprint density at radius 2 is 2.38 bits per heavy atom. The van der Waals surface area contributed by atoms with E-state index in [0.717, 1.165) is 12.1 Å². The van der Waals surface area contributed by atoms with E-state index in [0.29, 0.717) is 5.13 Å². The largest absolute Gasteiger partial charge is 0.301 e. The quantitative estimate of drug-likeness (QED) is 0.791. The predicted octanol–water partition coefficient (Wildman–Crippen LogP) is 2.19. The van der Waals surface area contributed by atoms with Crippen molar-refractivity contribution in [2.45, 2.75) is 20.3 Å². The van der Waals surface area contributed by atoms with Gasteiger partial charge < -0.3 is 5.32 Å². The number of hydrogen-bond acceptors (Lipinski definition) is 3. The number of anilines is 1. The van der Waals surface area contributed by atoms with E-state index in [2.05, 4.69) is 17.2 Å². The average Bonchev–Trinajstić information content (AvgIpc) is 2.46. The van der Waals surface area contributed by atoms with E-state index in [1.165, 1.54) is 16.2 Å². The predicted molar refractivity (Wildman–Crippen MR) is 55.6 cm³/mol. The fraction of sp³-hybridized carbons (Fsp3) is 0.500. The zero-order chi connectivity index (χ0) is 9.84. The van der Waals surface area contributed by atoms with Crippen LogP contribution in [0.25, 0.3) is 0 Å². The van der Waals surface area contributed by atoms with Crippen LogP contribution in [0.15, 0.2) is 0 Å². The maximum absolute atomic E-state index is 10.9. The highest BCUT2D eigenvalue weighted by Crippen LogP contribution is 2.22. The molecule has 0 saturated carbocycles. The number of rotatable bonds is 3. The first-order valence-corrected chi connectivity index (χ1v) is 5.34. The lowest BCUT2D eigenvalue weighted by Gasteiger charge is -1.94. The number of aryl methyl sites for hydroxylation is 2. The fourth-order valence-electron chi connectivity index (χ4n) is 0.962. The van der Waals surface area contributed by atoms with Crippen molar-refractivity contribution in [1.29, 1.82) is 0 Å². The van der Waals surface area contributed by atoms with E-state index in [1.54, 1.807) is 0 Å². The SMILES string of the molecule is CCc1sc(NC(=O)CCl)nc1C. The summed E-state index contributed by atoms with van der Waals surface area (Å²) >= 11 is 6.85. The third kappa shape index (κ3) is 2.67. The normalized spacial score (nSPS) is 10.1. The van der Waals surface area contributed by atoms with E-state index in [1.807, 2.05) is 6.92 Å². The third-order valence-corrected chi connectivity index (χ3v) is 3.04. The van der Waals surface area contributed by atoms with Crippen molar-refractivity contribution < 1.29 is 4.79 Å². The van der Waals surface area contributed by atoms with Crippen molar-refractivity contribution in [3.05, 3.63) is 10.6 Å². The number of thiazole rings is 1. The molecular formula is C8H11ClN2OS. The number of nitrogens with zero attached hydrogens (tertiary/aromatic N) is 1. The Morgan fingerprint density at radius 1 is 1.69 bits per heavy atom. The van der Waals surface area contributed by atoms with E-state index in [4.69, 9.17) is 11.6 Å². The summed E-state index contributed by atoms with van der Waals surface area (Å²) in [6, 6.07) is 0. The summed E-state index contributed by atoms with van der Waals surface area (Å²) < 4.78 is 0. The van der Waals surface area contributed by atoms with Crippen molar-refractivity contribution in [2.24, 2.45) is 0 Å². The van der Waals surface area contributed by atoms with Gasteiger partial charge in [0.1, 0.15) is 5.88 Å². The third-order valence-electron chi connectivity index (χ3n) is 1.58. The Bertz CT molecular complexity index is 311. The van der Waals surface area contributed by atoms with E-state index >= 15 is 0 Å². The second-order valence-corrected chi connectivity index (χ2v) is 3.91. The molecule has 0 bridgehead atoms. The van der Waals surface area contributed by atoms with Crippen LogP contribution >= 0.6 is 22.9 Å². The Balaban J connectivity index is 2.73. The summed E-state index contributed by atoms with van der Waals surface area (Å²) in [6.07, 6.45) is 0.945. The number of aromatic nitrogens is 1. The molecule has 1 rings (SSSR count). The molecule has 0 unspecified atom stereocenters. The molecule has 1 amide bonds. The first kappa shape index (κ1) is 10.5. The van der Waals surface area contributed by atoms with E-state index in [-0.39, 0.29) is 11.8 Å². The number of amides is 1. The Hall–Kier alpha value is -0.610. The highest BCUT2D eigenvalue weighted by Gasteiger charge is 2.07. The molecule has 1 N–H and O–H groups in total. The lowest BCUT2D eigenvalue weighted by Crippen LogP contribution is -2.12. The molecule has 0 fully saturated rings. The van der Waals surface area contributed by atoms with Gasteiger partial charge in [-0.2, -0.15) is 0 Å². The highest BCUT2D eigenvalue weighted by molar-refractivity contribution is 7.15. The summed E-state index contributed by atoms with van der Waals surface area (Å²) in [6.45, 7) is 4.00. The summed E-state index contributed by atoms with van der Waals surface area (Å²) in [5.74, 6) is -0.238. The number of halogens is 1. The van der Waals surface area contributed by atoms with Gasteiger partial charge in [0.05, 0.1) is 5.69 Å². The molecule has 0 spiro atoms. The molecule has 0 aliphatic heterocycles. The molecule has 0 radical (unpaired) electrons. The fourth-order valence-corrected chi connectivity index (χ4v) is 1.95. The van der Waals surface area contributed by atoms with Gasteiger partial charge in [-0.05, 0) is 13.3 Å². The minimum absolute atomic E-state index is 0.0277. The van der Waals surface area contributed by atoms with Gasteiger partial charge in [-0.25, -0.2) is 4.98 Å². The number of alkyl halides is 1. The van der Waals surface area contributed by atoms with Crippen LogP contribution in [0.5, 0.6) is 0 Å². The molecule has 0 aromatic carbocycles. The molecular weight excluding hydrogens is 208 g/mol.